The van der Waals surface area contributed by atoms with E-state index in [0.717, 1.165) is 25.7 Å². The Kier molecular flexibility index (Phi) is 4.73. The first-order chi connectivity index (χ1) is 9.46. The molecule has 1 aliphatic rings. The first kappa shape index (κ1) is 15.4. The lowest BCUT2D eigenvalue weighted by Gasteiger charge is -2.27. The minimum Gasteiger partial charge on any atom is -0.399 e. The highest BCUT2D eigenvalue weighted by atomic mass is 35.5. The Hall–Kier alpha value is -1.04. The number of sulfonamides is 1. The summed E-state index contributed by atoms with van der Waals surface area (Å²) in [4.78, 5) is 0.113. The number of anilines is 1. The van der Waals surface area contributed by atoms with Crippen LogP contribution in [0, 0.1) is 0 Å². The largest absolute Gasteiger partial charge is 0.399 e. The van der Waals surface area contributed by atoms with E-state index in [2.05, 4.69) is 6.58 Å². The van der Waals surface area contributed by atoms with E-state index in [1.165, 1.54) is 16.4 Å². The van der Waals surface area contributed by atoms with Crippen molar-refractivity contribution in [3.8, 4) is 0 Å². The van der Waals surface area contributed by atoms with E-state index in [1.807, 2.05) is 0 Å². The highest BCUT2D eigenvalue weighted by Gasteiger charge is 2.33. The zero-order valence-electron chi connectivity index (χ0n) is 11.3. The summed E-state index contributed by atoms with van der Waals surface area (Å²) >= 11 is 6.05. The summed E-state index contributed by atoms with van der Waals surface area (Å²) < 4.78 is 27.1. The Labute approximate surface area is 125 Å². The lowest BCUT2D eigenvalue weighted by molar-refractivity contribution is 0.347. The lowest BCUT2D eigenvalue weighted by atomic mass is 10.2. The monoisotopic (exact) mass is 314 g/mol. The molecule has 0 atom stereocenters. The van der Waals surface area contributed by atoms with E-state index in [4.69, 9.17) is 17.3 Å². The van der Waals surface area contributed by atoms with Gasteiger partial charge in [-0.3, -0.25) is 0 Å². The molecule has 0 aromatic heterocycles. The van der Waals surface area contributed by atoms with E-state index < -0.39 is 10.0 Å². The lowest BCUT2D eigenvalue weighted by Crippen LogP contribution is -2.39. The summed E-state index contributed by atoms with van der Waals surface area (Å²) in [7, 11) is -3.62. The number of halogens is 1. The van der Waals surface area contributed by atoms with Gasteiger partial charge in [-0.2, -0.15) is 4.31 Å². The smallest absolute Gasteiger partial charge is 0.245 e. The average Bonchev–Trinajstić information content (AvgIpc) is 2.88. The molecule has 1 aromatic rings. The second kappa shape index (κ2) is 6.16. The van der Waals surface area contributed by atoms with Gasteiger partial charge in [0, 0.05) is 18.3 Å². The van der Waals surface area contributed by atoms with Crippen LogP contribution >= 0.6 is 11.6 Å². The van der Waals surface area contributed by atoms with Gasteiger partial charge in [0.15, 0.2) is 0 Å². The molecule has 0 unspecified atom stereocenters. The topological polar surface area (TPSA) is 63.4 Å². The molecule has 6 heteroatoms. The maximum absolute atomic E-state index is 12.8. The van der Waals surface area contributed by atoms with Gasteiger partial charge >= 0.3 is 0 Å². The number of nitrogens with two attached hydrogens (primary N) is 1. The first-order valence-corrected chi connectivity index (χ1v) is 8.46. The molecule has 110 valence electrons. The van der Waals surface area contributed by atoms with Crippen molar-refractivity contribution in [1.29, 1.82) is 0 Å². The third kappa shape index (κ3) is 3.00. The number of nitrogens with zero attached hydrogens (tertiary/aromatic N) is 1. The van der Waals surface area contributed by atoms with Crippen LogP contribution in [0.15, 0.2) is 35.7 Å². The van der Waals surface area contributed by atoms with Crippen molar-refractivity contribution < 1.29 is 8.42 Å². The Morgan fingerprint density at radius 3 is 2.60 bits per heavy atom. The number of benzene rings is 1. The normalized spacial score (nSPS) is 16.7. The number of nitrogen functional groups attached to an aromatic ring is 1. The molecule has 1 aliphatic carbocycles. The highest BCUT2D eigenvalue weighted by Crippen LogP contribution is 2.32. The van der Waals surface area contributed by atoms with E-state index >= 15 is 0 Å². The minimum atomic E-state index is -3.62. The van der Waals surface area contributed by atoms with Crippen LogP contribution in [0.5, 0.6) is 0 Å². The summed E-state index contributed by atoms with van der Waals surface area (Å²) in [6.07, 6.45) is 5.51. The van der Waals surface area contributed by atoms with Gasteiger partial charge in [0.1, 0.15) is 4.90 Å². The van der Waals surface area contributed by atoms with Gasteiger partial charge in [-0.05, 0) is 31.0 Å². The molecule has 4 nitrogen and oxygen atoms in total. The molecular formula is C14H19ClN2O2S. The molecule has 1 saturated carbocycles. The van der Waals surface area contributed by atoms with Crippen LogP contribution in [0.25, 0.3) is 0 Å². The molecule has 0 spiro atoms. The van der Waals surface area contributed by atoms with Gasteiger partial charge in [-0.15, -0.1) is 6.58 Å². The van der Waals surface area contributed by atoms with Crippen molar-refractivity contribution in [3.05, 3.63) is 35.9 Å². The van der Waals surface area contributed by atoms with Crippen molar-refractivity contribution in [3.63, 3.8) is 0 Å². The molecule has 1 aromatic carbocycles. The van der Waals surface area contributed by atoms with Gasteiger partial charge in [0.05, 0.1) is 5.02 Å². The molecule has 0 heterocycles. The second-order valence-corrected chi connectivity index (χ2v) is 7.26. The van der Waals surface area contributed by atoms with Crippen molar-refractivity contribution in [2.75, 3.05) is 12.3 Å². The fourth-order valence-corrected chi connectivity index (χ4v) is 4.80. The van der Waals surface area contributed by atoms with Gasteiger partial charge in [0.25, 0.3) is 0 Å². The Morgan fingerprint density at radius 1 is 1.40 bits per heavy atom. The molecule has 0 aliphatic heterocycles. The van der Waals surface area contributed by atoms with Crippen LogP contribution in [0.2, 0.25) is 5.02 Å². The molecule has 0 bridgehead atoms. The molecule has 0 amide bonds. The van der Waals surface area contributed by atoms with Crippen LogP contribution in [-0.4, -0.2) is 25.3 Å². The second-order valence-electron chi connectivity index (χ2n) is 4.99. The maximum atomic E-state index is 12.8. The number of rotatable bonds is 5. The van der Waals surface area contributed by atoms with Crippen molar-refractivity contribution in [2.24, 2.45) is 0 Å². The van der Waals surface area contributed by atoms with E-state index in [9.17, 15) is 8.42 Å². The third-order valence-corrected chi connectivity index (χ3v) is 5.98. The summed E-state index contributed by atoms with van der Waals surface area (Å²) in [5, 5.41) is 0.164. The van der Waals surface area contributed by atoms with E-state index in [0.29, 0.717) is 12.2 Å². The molecule has 2 N–H and O–H groups in total. The number of hydrogen-bond donors (Lipinski definition) is 1. The Morgan fingerprint density at radius 2 is 2.05 bits per heavy atom. The van der Waals surface area contributed by atoms with Crippen LogP contribution in [0.1, 0.15) is 25.7 Å². The van der Waals surface area contributed by atoms with E-state index in [-0.39, 0.29) is 16.0 Å². The van der Waals surface area contributed by atoms with E-state index in [1.54, 1.807) is 12.1 Å². The molecule has 1 fully saturated rings. The molecule has 2 rings (SSSR count). The summed E-state index contributed by atoms with van der Waals surface area (Å²) in [5.74, 6) is 0. The van der Waals surface area contributed by atoms with Crippen molar-refractivity contribution >= 4 is 27.3 Å². The van der Waals surface area contributed by atoms with Crippen LogP contribution in [0.3, 0.4) is 0 Å². The Balaban J connectivity index is 2.41. The predicted molar refractivity (Wildman–Crippen MR) is 82.2 cm³/mol. The van der Waals surface area contributed by atoms with Gasteiger partial charge in [-0.1, -0.05) is 30.5 Å². The quantitative estimate of drug-likeness (QED) is 0.671. The van der Waals surface area contributed by atoms with Gasteiger partial charge < -0.3 is 5.73 Å². The van der Waals surface area contributed by atoms with Gasteiger partial charge in [0.2, 0.25) is 10.0 Å². The van der Waals surface area contributed by atoms with Crippen LogP contribution < -0.4 is 5.73 Å². The SMILES string of the molecule is C=CCN(C1CCCC1)S(=O)(=O)c1ccc(N)cc1Cl. The van der Waals surface area contributed by atoms with Crippen molar-refractivity contribution in [2.45, 2.75) is 36.6 Å². The van der Waals surface area contributed by atoms with Gasteiger partial charge in [-0.25, -0.2) is 8.42 Å². The fraction of sp³-hybridized carbons (Fsp3) is 0.429. The summed E-state index contributed by atoms with van der Waals surface area (Å²) in [6, 6.07) is 4.53. The Bertz CT molecular complexity index is 595. The fourth-order valence-electron chi connectivity index (χ4n) is 2.62. The summed E-state index contributed by atoms with van der Waals surface area (Å²) in [6.45, 7) is 3.96. The minimum absolute atomic E-state index is 0.0339. The molecule has 0 saturated heterocycles. The molecule has 20 heavy (non-hydrogen) atoms. The first-order valence-electron chi connectivity index (χ1n) is 6.64. The standard InChI is InChI=1S/C14H19ClN2O2S/c1-2-9-17(12-5-3-4-6-12)20(18,19)14-8-7-11(16)10-13(14)15/h2,7-8,10,12H,1,3-6,9,16H2. The molecule has 0 radical (unpaired) electrons. The average molecular weight is 315 g/mol. The summed E-state index contributed by atoms with van der Waals surface area (Å²) in [5.41, 5.74) is 6.07. The number of hydrogen-bond acceptors (Lipinski definition) is 3. The highest BCUT2D eigenvalue weighted by molar-refractivity contribution is 7.89. The van der Waals surface area contributed by atoms with Crippen LogP contribution in [-0.2, 0) is 10.0 Å². The maximum Gasteiger partial charge on any atom is 0.245 e. The van der Waals surface area contributed by atoms with Crippen LogP contribution in [0.4, 0.5) is 5.69 Å². The molecular weight excluding hydrogens is 296 g/mol. The zero-order valence-corrected chi connectivity index (χ0v) is 12.8. The van der Waals surface area contributed by atoms with Crippen molar-refractivity contribution in [1.82, 2.24) is 4.31 Å². The predicted octanol–water partition coefficient (Wildman–Crippen LogP) is 3.04. The zero-order chi connectivity index (χ0) is 14.8. The third-order valence-electron chi connectivity index (χ3n) is 3.58.